The molecule has 1 unspecified atom stereocenters. The van der Waals surface area contributed by atoms with Crippen LogP contribution in [0.3, 0.4) is 0 Å². The number of carbonyl (C=O) groups is 1. The third-order valence-electron chi connectivity index (χ3n) is 2.94. The van der Waals surface area contributed by atoms with Crippen molar-refractivity contribution < 1.29 is 13.9 Å². The number of benzene rings is 1. The molecule has 0 N–H and O–H groups in total. The van der Waals surface area contributed by atoms with Crippen molar-refractivity contribution in [3.63, 3.8) is 0 Å². The lowest BCUT2D eigenvalue weighted by molar-refractivity contribution is -0.116. The fraction of sp³-hybridized carbons (Fsp3) is 0.500. The standard InChI is InChI=1S/C14H17FO2S/c15-14-6-2-1-4-11(14)8-12(16)9-18-10-13-5-3-7-17-13/h1-2,4,6,13H,3,5,7-10H2. The molecule has 0 spiro atoms. The van der Waals surface area contributed by atoms with Crippen LogP contribution in [0.15, 0.2) is 24.3 Å². The van der Waals surface area contributed by atoms with Gasteiger partial charge in [-0.05, 0) is 24.5 Å². The molecular formula is C14H17FO2S. The quantitative estimate of drug-likeness (QED) is 0.793. The first-order valence-electron chi connectivity index (χ1n) is 6.20. The molecule has 0 bridgehead atoms. The van der Waals surface area contributed by atoms with Crippen LogP contribution >= 0.6 is 11.8 Å². The van der Waals surface area contributed by atoms with Gasteiger partial charge < -0.3 is 4.74 Å². The van der Waals surface area contributed by atoms with Crippen molar-refractivity contribution in [1.82, 2.24) is 0 Å². The maximum absolute atomic E-state index is 13.3. The summed E-state index contributed by atoms with van der Waals surface area (Å²) in [5, 5.41) is 0. The summed E-state index contributed by atoms with van der Waals surface area (Å²) in [6.45, 7) is 0.842. The third kappa shape index (κ3) is 4.10. The molecule has 98 valence electrons. The maximum atomic E-state index is 13.3. The van der Waals surface area contributed by atoms with E-state index in [0.29, 0.717) is 17.4 Å². The van der Waals surface area contributed by atoms with E-state index in [1.54, 1.807) is 30.0 Å². The molecule has 0 radical (unpaired) electrons. The van der Waals surface area contributed by atoms with E-state index in [9.17, 15) is 9.18 Å². The Morgan fingerprint density at radius 3 is 3.00 bits per heavy atom. The van der Waals surface area contributed by atoms with E-state index in [0.717, 1.165) is 25.2 Å². The molecule has 1 atom stereocenters. The molecule has 0 amide bonds. The molecular weight excluding hydrogens is 251 g/mol. The highest BCUT2D eigenvalue weighted by Gasteiger charge is 2.16. The molecule has 1 saturated heterocycles. The topological polar surface area (TPSA) is 26.3 Å². The highest BCUT2D eigenvalue weighted by Crippen LogP contribution is 2.17. The Morgan fingerprint density at radius 2 is 2.28 bits per heavy atom. The molecule has 1 aromatic rings. The molecule has 4 heteroatoms. The van der Waals surface area contributed by atoms with Gasteiger partial charge in [0.1, 0.15) is 11.6 Å². The summed E-state index contributed by atoms with van der Waals surface area (Å²) in [6, 6.07) is 6.45. The molecule has 1 aromatic carbocycles. The molecule has 0 aromatic heterocycles. The Hall–Kier alpha value is -0.870. The second-order valence-corrected chi connectivity index (χ2v) is 5.49. The van der Waals surface area contributed by atoms with Gasteiger partial charge in [-0.15, -0.1) is 0 Å². The van der Waals surface area contributed by atoms with Crippen LogP contribution < -0.4 is 0 Å². The smallest absolute Gasteiger partial charge is 0.147 e. The van der Waals surface area contributed by atoms with E-state index >= 15 is 0 Å². The highest BCUT2D eigenvalue weighted by molar-refractivity contribution is 8.00. The summed E-state index contributed by atoms with van der Waals surface area (Å²) in [4.78, 5) is 11.7. The van der Waals surface area contributed by atoms with Gasteiger partial charge >= 0.3 is 0 Å². The fourth-order valence-electron chi connectivity index (χ4n) is 1.99. The Labute approximate surface area is 111 Å². The van der Waals surface area contributed by atoms with Gasteiger partial charge in [-0.3, -0.25) is 4.79 Å². The molecule has 0 aliphatic carbocycles. The minimum atomic E-state index is -0.296. The van der Waals surface area contributed by atoms with Crippen molar-refractivity contribution in [2.45, 2.75) is 25.4 Å². The molecule has 0 saturated carbocycles. The maximum Gasteiger partial charge on any atom is 0.147 e. The van der Waals surface area contributed by atoms with Crippen molar-refractivity contribution >= 4 is 17.5 Å². The minimum absolute atomic E-state index is 0.0723. The number of rotatable bonds is 6. The van der Waals surface area contributed by atoms with Crippen molar-refractivity contribution in [2.24, 2.45) is 0 Å². The summed E-state index contributed by atoms with van der Waals surface area (Å²) in [7, 11) is 0. The number of halogens is 1. The minimum Gasteiger partial charge on any atom is -0.377 e. The monoisotopic (exact) mass is 268 g/mol. The van der Waals surface area contributed by atoms with Gasteiger partial charge in [-0.1, -0.05) is 18.2 Å². The van der Waals surface area contributed by atoms with Gasteiger partial charge in [0.15, 0.2) is 0 Å². The number of hydrogen-bond donors (Lipinski definition) is 0. The van der Waals surface area contributed by atoms with Crippen molar-refractivity contribution in [3.8, 4) is 0 Å². The Balaban J connectivity index is 1.70. The number of ether oxygens (including phenoxy) is 1. The summed E-state index contributed by atoms with van der Waals surface area (Å²) in [6.07, 6.45) is 2.70. The predicted octanol–water partition coefficient (Wildman–Crippen LogP) is 2.85. The Bertz CT molecular complexity index is 403. The molecule has 1 aliphatic rings. The normalized spacial score (nSPS) is 19.1. The van der Waals surface area contributed by atoms with Crippen LogP contribution in [0.4, 0.5) is 4.39 Å². The second-order valence-electron chi connectivity index (χ2n) is 4.46. The average molecular weight is 268 g/mol. The first-order chi connectivity index (χ1) is 8.75. The van der Waals surface area contributed by atoms with Crippen LogP contribution in [-0.4, -0.2) is 30.0 Å². The molecule has 1 fully saturated rings. The summed E-state index contributed by atoms with van der Waals surface area (Å²) >= 11 is 1.59. The first-order valence-corrected chi connectivity index (χ1v) is 7.35. The number of ketones is 1. The summed E-state index contributed by atoms with van der Waals surface area (Å²) in [5.41, 5.74) is 0.486. The lowest BCUT2D eigenvalue weighted by Gasteiger charge is -2.08. The van der Waals surface area contributed by atoms with Gasteiger partial charge in [0.2, 0.25) is 0 Å². The SMILES string of the molecule is O=C(CSCC1CCCO1)Cc1ccccc1F. The third-order valence-corrected chi connectivity index (χ3v) is 4.07. The predicted molar refractivity (Wildman–Crippen MR) is 71.4 cm³/mol. The van der Waals surface area contributed by atoms with Gasteiger partial charge in [0.05, 0.1) is 11.9 Å². The van der Waals surface area contributed by atoms with E-state index in [2.05, 4.69) is 0 Å². The largest absolute Gasteiger partial charge is 0.377 e. The van der Waals surface area contributed by atoms with Crippen LogP contribution in [0.5, 0.6) is 0 Å². The number of hydrogen-bond acceptors (Lipinski definition) is 3. The zero-order valence-corrected chi connectivity index (χ0v) is 11.0. The van der Waals surface area contributed by atoms with Crippen LogP contribution in [0.2, 0.25) is 0 Å². The van der Waals surface area contributed by atoms with E-state index in [-0.39, 0.29) is 18.0 Å². The number of thioether (sulfide) groups is 1. The summed E-state index contributed by atoms with van der Waals surface area (Å²) < 4.78 is 18.8. The van der Waals surface area contributed by atoms with Gasteiger partial charge in [0, 0.05) is 18.8 Å². The second kappa shape index (κ2) is 6.90. The van der Waals surface area contributed by atoms with E-state index in [1.165, 1.54) is 6.07 Å². The van der Waals surface area contributed by atoms with Crippen LogP contribution in [0.1, 0.15) is 18.4 Å². The van der Waals surface area contributed by atoms with Crippen molar-refractivity contribution in [2.75, 3.05) is 18.1 Å². The van der Waals surface area contributed by atoms with Gasteiger partial charge in [-0.2, -0.15) is 11.8 Å². The average Bonchev–Trinajstić information content (AvgIpc) is 2.85. The molecule has 1 heterocycles. The lowest BCUT2D eigenvalue weighted by Crippen LogP contribution is -2.12. The highest BCUT2D eigenvalue weighted by atomic mass is 32.2. The van der Waals surface area contributed by atoms with E-state index in [4.69, 9.17) is 4.74 Å². The fourth-order valence-corrected chi connectivity index (χ4v) is 2.96. The van der Waals surface area contributed by atoms with Crippen LogP contribution in [0, 0.1) is 5.82 Å². The lowest BCUT2D eigenvalue weighted by atomic mass is 10.1. The first kappa shape index (κ1) is 13.6. The molecule has 18 heavy (non-hydrogen) atoms. The number of Topliss-reactive ketones (excluding diaryl/α,β-unsaturated/α-hetero) is 1. The number of carbonyl (C=O) groups excluding carboxylic acids is 1. The van der Waals surface area contributed by atoms with Crippen molar-refractivity contribution in [3.05, 3.63) is 35.6 Å². The zero-order valence-electron chi connectivity index (χ0n) is 10.2. The van der Waals surface area contributed by atoms with Crippen LogP contribution in [-0.2, 0) is 16.0 Å². The van der Waals surface area contributed by atoms with E-state index < -0.39 is 0 Å². The Kier molecular flexibility index (Phi) is 5.20. The zero-order chi connectivity index (χ0) is 12.8. The summed E-state index contributed by atoms with van der Waals surface area (Å²) in [5.74, 6) is 1.08. The van der Waals surface area contributed by atoms with Crippen molar-refractivity contribution in [1.29, 1.82) is 0 Å². The van der Waals surface area contributed by atoms with Gasteiger partial charge in [0.25, 0.3) is 0 Å². The van der Waals surface area contributed by atoms with Gasteiger partial charge in [-0.25, -0.2) is 4.39 Å². The van der Waals surface area contributed by atoms with E-state index in [1.807, 2.05) is 0 Å². The molecule has 1 aliphatic heterocycles. The van der Waals surface area contributed by atoms with Crippen LogP contribution in [0.25, 0.3) is 0 Å². The molecule has 2 rings (SSSR count). The Morgan fingerprint density at radius 1 is 1.44 bits per heavy atom. The molecule has 2 nitrogen and oxygen atoms in total.